The molecule has 3 aromatic rings. The first-order valence-electron chi connectivity index (χ1n) is 10.9. The molecule has 0 bridgehead atoms. The summed E-state index contributed by atoms with van der Waals surface area (Å²) in [6.07, 6.45) is 2.23. The number of carbonyl (C=O) groups excluding carboxylic acids is 1. The monoisotopic (exact) mass is 445 g/mol. The normalized spacial score (nSPS) is 15.3. The molecule has 4 rings (SSSR count). The van der Waals surface area contributed by atoms with Crippen LogP contribution in [-0.2, 0) is 11.3 Å². The number of nitrogens with zero attached hydrogens (tertiary/aromatic N) is 2. The Morgan fingerprint density at radius 3 is 2.64 bits per heavy atom. The number of aromatic nitrogens is 1. The molecule has 2 N–H and O–H groups in total. The summed E-state index contributed by atoms with van der Waals surface area (Å²) in [7, 11) is 1.52. The van der Waals surface area contributed by atoms with Gasteiger partial charge in [0.1, 0.15) is 11.6 Å². The molecule has 0 radical (unpaired) electrons. The SMILES string of the molecule is COc1ccc(-c2ccc(NCc3cccc(C)c3)nc2)cc1C(=O)N1CCC(C(=O)O)C1. The highest BCUT2D eigenvalue weighted by Gasteiger charge is 2.32. The number of anilines is 1. The van der Waals surface area contributed by atoms with E-state index in [0.717, 1.165) is 16.9 Å². The number of rotatable bonds is 7. The van der Waals surface area contributed by atoms with Gasteiger partial charge in [-0.25, -0.2) is 4.98 Å². The smallest absolute Gasteiger partial charge is 0.308 e. The lowest BCUT2D eigenvalue weighted by molar-refractivity contribution is -0.141. The van der Waals surface area contributed by atoms with Gasteiger partial charge in [-0.05, 0) is 48.7 Å². The first-order valence-corrected chi connectivity index (χ1v) is 10.9. The van der Waals surface area contributed by atoms with Gasteiger partial charge in [0.2, 0.25) is 0 Å². The van der Waals surface area contributed by atoms with Crippen LogP contribution in [-0.4, -0.2) is 47.1 Å². The van der Waals surface area contributed by atoms with Crippen molar-refractivity contribution in [2.24, 2.45) is 5.92 Å². The molecule has 7 nitrogen and oxygen atoms in total. The zero-order valence-corrected chi connectivity index (χ0v) is 18.7. The van der Waals surface area contributed by atoms with Crippen LogP contribution in [0, 0.1) is 12.8 Å². The molecule has 0 saturated carbocycles. The number of hydrogen-bond donors (Lipinski definition) is 2. The minimum absolute atomic E-state index is 0.213. The first kappa shape index (κ1) is 22.3. The van der Waals surface area contributed by atoms with E-state index in [1.807, 2.05) is 24.3 Å². The molecule has 1 atom stereocenters. The van der Waals surface area contributed by atoms with Crippen LogP contribution in [0.2, 0.25) is 0 Å². The van der Waals surface area contributed by atoms with Crippen LogP contribution in [0.1, 0.15) is 27.9 Å². The van der Waals surface area contributed by atoms with Gasteiger partial charge in [0, 0.05) is 31.4 Å². The number of carbonyl (C=O) groups is 2. The first-order chi connectivity index (χ1) is 15.9. The summed E-state index contributed by atoms with van der Waals surface area (Å²) in [5, 5.41) is 12.6. The lowest BCUT2D eigenvalue weighted by Gasteiger charge is -2.18. The van der Waals surface area contributed by atoms with Gasteiger partial charge >= 0.3 is 5.97 Å². The Bertz CT molecular complexity index is 1160. The average molecular weight is 446 g/mol. The summed E-state index contributed by atoms with van der Waals surface area (Å²) in [6, 6.07) is 17.6. The Morgan fingerprint density at radius 2 is 1.97 bits per heavy atom. The molecule has 2 heterocycles. The second kappa shape index (κ2) is 9.73. The van der Waals surface area contributed by atoms with Crippen molar-refractivity contribution in [3.8, 4) is 16.9 Å². The van der Waals surface area contributed by atoms with Crippen LogP contribution >= 0.6 is 0 Å². The summed E-state index contributed by atoms with van der Waals surface area (Å²) in [6.45, 7) is 3.39. The lowest BCUT2D eigenvalue weighted by Crippen LogP contribution is -2.30. The molecule has 2 aromatic carbocycles. The number of ether oxygens (including phenoxy) is 1. The number of carboxylic acids is 1. The molecule has 1 fully saturated rings. The quantitative estimate of drug-likeness (QED) is 0.566. The highest BCUT2D eigenvalue weighted by Crippen LogP contribution is 2.29. The molecule has 7 heteroatoms. The standard InChI is InChI=1S/C26H27N3O4/c1-17-4-3-5-18(12-17)14-27-24-9-7-20(15-28-24)19-6-8-23(33-2)22(13-19)25(30)29-11-10-21(16-29)26(31)32/h3-9,12-13,15,21H,10-11,14,16H2,1-2H3,(H,27,28)(H,31,32). The maximum Gasteiger partial charge on any atom is 0.308 e. The maximum atomic E-state index is 13.1. The van der Waals surface area contributed by atoms with Gasteiger partial charge < -0.3 is 20.1 Å². The van der Waals surface area contributed by atoms with Crippen LogP contribution in [0.4, 0.5) is 5.82 Å². The summed E-state index contributed by atoms with van der Waals surface area (Å²) in [5.74, 6) is -0.379. The zero-order chi connectivity index (χ0) is 23.4. The number of aliphatic carboxylic acids is 1. The van der Waals surface area contributed by atoms with Gasteiger partial charge in [0.25, 0.3) is 5.91 Å². The molecule has 1 unspecified atom stereocenters. The van der Waals surface area contributed by atoms with Gasteiger partial charge in [0.15, 0.2) is 0 Å². The highest BCUT2D eigenvalue weighted by atomic mass is 16.5. The Labute approximate surface area is 193 Å². The van der Waals surface area contributed by atoms with Crippen LogP contribution < -0.4 is 10.1 Å². The Hall–Kier alpha value is -3.87. The van der Waals surface area contributed by atoms with Crippen LogP contribution in [0.5, 0.6) is 5.75 Å². The largest absolute Gasteiger partial charge is 0.496 e. The van der Waals surface area contributed by atoms with Crippen molar-refractivity contribution in [3.05, 3.63) is 77.5 Å². The zero-order valence-electron chi connectivity index (χ0n) is 18.7. The summed E-state index contributed by atoms with van der Waals surface area (Å²) < 4.78 is 5.40. The third kappa shape index (κ3) is 5.14. The predicted molar refractivity (Wildman–Crippen MR) is 126 cm³/mol. The van der Waals surface area contributed by atoms with Crippen LogP contribution in [0.25, 0.3) is 11.1 Å². The van der Waals surface area contributed by atoms with E-state index >= 15 is 0 Å². The number of likely N-dealkylation sites (tertiary alicyclic amines) is 1. The highest BCUT2D eigenvalue weighted by molar-refractivity contribution is 5.98. The fraction of sp³-hybridized carbons (Fsp3) is 0.269. The van der Waals surface area contributed by atoms with E-state index in [0.29, 0.717) is 30.8 Å². The number of amides is 1. The summed E-state index contributed by atoms with van der Waals surface area (Å²) in [4.78, 5) is 30.5. The van der Waals surface area contributed by atoms with Crippen LogP contribution in [0.3, 0.4) is 0 Å². The summed E-state index contributed by atoms with van der Waals surface area (Å²) in [5.41, 5.74) is 4.53. The number of pyridine rings is 1. The number of methoxy groups -OCH3 is 1. The predicted octanol–water partition coefficient (Wildman–Crippen LogP) is 4.22. The van der Waals surface area contributed by atoms with E-state index in [1.54, 1.807) is 23.2 Å². The second-order valence-electron chi connectivity index (χ2n) is 8.26. The van der Waals surface area contributed by atoms with E-state index in [9.17, 15) is 14.7 Å². The molecule has 1 aliphatic rings. The van der Waals surface area contributed by atoms with Crippen molar-refractivity contribution in [1.29, 1.82) is 0 Å². The number of benzene rings is 2. The Morgan fingerprint density at radius 1 is 1.15 bits per heavy atom. The van der Waals surface area contributed by atoms with Crippen LogP contribution in [0.15, 0.2) is 60.8 Å². The number of carboxylic acid groups (broad SMARTS) is 1. The van der Waals surface area contributed by atoms with Gasteiger partial charge in [-0.15, -0.1) is 0 Å². The van der Waals surface area contributed by atoms with Crippen molar-refractivity contribution in [2.75, 3.05) is 25.5 Å². The lowest BCUT2D eigenvalue weighted by atomic mass is 10.0. The third-order valence-corrected chi connectivity index (χ3v) is 5.91. The number of aryl methyl sites for hydroxylation is 1. The molecule has 33 heavy (non-hydrogen) atoms. The minimum atomic E-state index is -0.867. The maximum absolute atomic E-state index is 13.1. The molecule has 0 aliphatic carbocycles. The van der Waals surface area contributed by atoms with Gasteiger partial charge in [-0.1, -0.05) is 35.9 Å². The third-order valence-electron chi connectivity index (χ3n) is 5.91. The van der Waals surface area contributed by atoms with Crippen molar-refractivity contribution in [1.82, 2.24) is 9.88 Å². The molecular weight excluding hydrogens is 418 g/mol. The van der Waals surface area contributed by atoms with E-state index in [-0.39, 0.29) is 12.5 Å². The Balaban J connectivity index is 1.49. The Kier molecular flexibility index (Phi) is 6.58. The van der Waals surface area contributed by atoms with E-state index in [4.69, 9.17) is 4.74 Å². The number of nitrogens with one attached hydrogen (secondary N) is 1. The molecule has 1 amide bonds. The van der Waals surface area contributed by atoms with Gasteiger partial charge in [-0.3, -0.25) is 9.59 Å². The van der Waals surface area contributed by atoms with Gasteiger partial charge in [-0.2, -0.15) is 0 Å². The van der Waals surface area contributed by atoms with Crippen molar-refractivity contribution < 1.29 is 19.4 Å². The van der Waals surface area contributed by atoms with Gasteiger partial charge in [0.05, 0.1) is 18.6 Å². The molecule has 0 spiro atoms. The second-order valence-corrected chi connectivity index (χ2v) is 8.26. The average Bonchev–Trinajstić information content (AvgIpc) is 3.33. The summed E-state index contributed by atoms with van der Waals surface area (Å²) >= 11 is 0. The molecule has 170 valence electrons. The van der Waals surface area contributed by atoms with E-state index in [2.05, 4.69) is 35.4 Å². The number of hydrogen-bond acceptors (Lipinski definition) is 5. The van der Waals surface area contributed by atoms with Crippen molar-refractivity contribution in [2.45, 2.75) is 19.9 Å². The molecule has 1 aromatic heterocycles. The van der Waals surface area contributed by atoms with Crippen molar-refractivity contribution >= 4 is 17.7 Å². The minimum Gasteiger partial charge on any atom is -0.496 e. The fourth-order valence-corrected chi connectivity index (χ4v) is 4.06. The molecule has 1 saturated heterocycles. The molecule has 1 aliphatic heterocycles. The fourth-order valence-electron chi connectivity index (χ4n) is 4.06. The van der Waals surface area contributed by atoms with Crippen molar-refractivity contribution in [3.63, 3.8) is 0 Å². The van der Waals surface area contributed by atoms with E-state index in [1.165, 1.54) is 18.2 Å². The molecular formula is C26H27N3O4. The topological polar surface area (TPSA) is 91.8 Å². The van der Waals surface area contributed by atoms with E-state index < -0.39 is 11.9 Å².